The lowest BCUT2D eigenvalue weighted by molar-refractivity contribution is 0.0486. The molecule has 8 N–H and O–H groups in total. The number of hydrogen-bond acceptors (Lipinski definition) is 9. The molecule has 0 aliphatic heterocycles. The van der Waals surface area contributed by atoms with Crippen LogP contribution in [0, 0.1) is 6.92 Å². The summed E-state index contributed by atoms with van der Waals surface area (Å²) in [6, 6.07) is 7.39. The van der Waals surface area contributed by atoms with E-state index in [2.05, 4.69) is 26.8 Å². The highest BCUT2D eigenvalue weighted by atomic mass is 16.5. The number of aryl methyl sites for hydroxylation is 2. The van der Waals surface area contributed by atoms with E-state index in [-0.39, 0.29) is 23.1 Å². The number of hydrogen-bond donors (Lipinski definition) is 7. The Bertz CT molecular complexity index is 1170. The van der Waals surface area contributed by atoms with Gasteiger partial charge in [0.05, 0.1) is 48.7 Å². The van der Waals surface area contributed by atoms with Crippen LogP contribution < -0.4 is 5.73 Å². The fraction of sp³-hybridized carbons (Fsp3) is 0.500. The van der Waals surface area contributed by atoms with Crippen molar-refractivity contribution >= 4 is 17.9 Å². The number of nitrogens with two attached hydrogens (primary N) is 1. The summed E-state index contributed by atoms with van der Waals surface area (Å²) < 4.78 is 5.19. The van der Waals surface area contributed by atoms with Crippen LogP contribution in [0.2, 0.25) is 0 Å². The Labute approximate surface area is 240 Å². The number of carboxylic acids is 2. The average molecular weight is 578 g/mol. The normalized spacial score (nSPS) is 11.4. The molecule has 2 aromatic rings. The van der Waals surface area contributed by atoms with Crippen molar-refractivity contribution in [2.24, 2.45) is 5.73 Å². The molecule has 11 heteroatoms. The first-order valence-corrected chi connectivity index (χ1v) is 13.3. The first-order valence-electron chi connectivity index (χ1n) is 13.3. The van der Waals surface area contributed by atoms with Crippen molar-refractivity contribution < 1.29 is 49.8 Å². The van der Waals surface area contributed by atoms with E-state index in [1.54, 1.807) is 0 Å². The largest absolute Gasteiger partial charge is 0.507 e. The molecule has 0 bridgehead atoms. The SMILES string of the molecule is Cc1cc(CCCCCCOC(=O)c2ccc(C(=O)O)cc2C(=O)O)cc(C(C)(C)C)c1O.NC(CO)(CO)CO. The molecule has 228 valence electrons. The number of phenolic OH excluding ortho intramolecular Hbond substituents is 1. The van der Waals surface area contributed by atoms with Gasteiger partial charge in [-0.1, -0.05) is 45.7 Å². The molecular formula is C30H43NO10. The standard InChI is InChI=1S/C26H32O7.C4H11NO3/c1-16-13-17(14-21(22(16)27)26(2,3)4)9-7-5-6-8-12-33-25(32)19-11-10-18(23(28)29)15-20(19)24(30)31;5-4(1-6,2-7)3-8/h10-11,13-15,27H,5-9,12H2,1-4H3,(H,28,29)(H,30,31);6-8H,1-3,5H2. The third-order valence-electron chi connectivity index (χ3n) is 6.42. The predicted octanol–water partition coefficient (Wildman–Crippen LogP) is 3.02. The lowest BCUT2D eigenvalue weighted by atomic mass is 9.83. The van der Waals surface area contributed by atoms with Gasteiger partial charge in [0.2, 0.25) is 0 Å². The van der Waals surface area contributed by atoms with Crippen LogP contribution in [0.5, 0.6) is 5.75 Å². The van der Waals surface area contributed by atoms with Crippen LogP contribution in [0.3, 0.4) is 0 Å². The lowest BCUT2D eigenvalue weighted by Crippen LogP contribution is -2.50. The van der Waals surface area contributed by atoms with E-state index >= 15 is 0 Å². The van der Waals surface area contributed by atoms with Crippen molar-refractivity contribution in [1.29, 1.82) is 0 Å². The molecule has 41 heavy (non-hydrogen) atoms. The maximum atomic E-state index is 12.2. The highest BCUT2D eigenvalue weighted by Crippen LogP contribution is 2.34. The minimum absolute atomic E-state index is 0.136. The van der Waals surface area contributed by atoms with Crippen molar-refractivity contribution in [2.45, 2.75) is 70.8 Å². The Morgan fingerprint density at radius 3 is 1.90 bits per heavy atom. The number of unbranched alkanes of at least 4 members (excludes halogenated alkanes) is 3. The molecule has 0 aliphatic rings. The molecule has 0 aromatic heterocycles. The van der Waals surface area contributed by atoms with E-state index in [0.717, 1.165) is 42.9 Å². The van der Waals surface area contributed by atoms with Gasteiger partial charge in [-0.25, -0.2) is 14.4 Å². The van der Waals surface area contributed by atoms with Crippen LogP contribution in [0.4, 0.5) is 0 Å². The fourth-order valence-electron chi connectivity index (χ4n) is 3.78. The molecule has 2 rings (SSSR count). The van der Waals surface area contributed by atoms with Gasteiger partial charge in [-0.2, -0.15) is 0 Å². The van der Waals surface area contributed by atoms with Gasteiger partial charge in [0.1, 0.15) is 5.75 Å². The molecule has 0 unspecified atom stereocenters. The highest BCUT2D eigenvalue weighted by Gasteiger charge is 2.22. The summed E-state index contributed by atoms with van der Waals surface area (Å²) in [5, 5.41) is 53.6. The second kappa shape index (κ2) is 16.1. The van der Waals surface area contributed by atoms with Crippen LogP contribution in [0.15, 0.2) is 30.3 Å². The predicted molar refractivity (Wildman–Crippen MR) is 153 cm³/mol. The van der Waals surface area contributed by atoms with Crippen LogP contribution in [-0.2, 0) is 16.6 Å². The van der Waals surface area contributed by atoms with Gasteiger partial charge in [-0.3, -0.25) is 0 Å². The molecule has 2 aromatic carbocycles. The molecule has 0 saturated heterocycles. The van der Waals surface area contributed by atoms with Gasteiger partial charge in [0.15, 0.2) is 0 Å². The number of aromatic carboxylic acids is 2. The van der Waals surface area contributed by atoms with Gasteiger partial charge in [0, 0.05) is 0 Å². The number of benzene rings is 2. The molecule has 0 fully saturated rings. The van der Waals surface area contributed by atoms with Crippen molar-refractivity contribution in [3.63, 3.8) is 0 Å². The number of carboxylic acid groups (broad SMARTS) is 2. The van der Waals surface area contributed by atoms with E-state index in [1.165, 1.54) is 17.7 Å². The summed E-state index contributed by atoms with van der Waals surface area (Å²) in [7, 11) is 0. The van der Waals surface area contributed by atoms with Crippen LogP contribution in [0.1, 0.15) is 94.2 Å². The smallest absolute Gasteiger partial charge is 0.339 e. The zero-order valence-electron chi connectivity index (χ0n) is 24.1. The van der Waals surface area contributed by atoms with Crippen LogP contribution in [0.25, 0.3) is 0 Å². The van der Waals surface area contributed by atoms with Gasteiger partial charge in [-0.05, 0) is 66.5 Å². The molecule has 0 amide bonds. The Morgan fingerprint density at radius 1 is 0.829 bits per heavy atom. The number of phenols is 1. The average Bonchev–Trinajstić information content (AvgIpc) is 2.92. The number of esters is 1. The van der Waals surface area contributed by atoms with Crippen molar-refractivity contribution in [3.8, 4) is 5.75 Å². The number of aliphatic hydroxyl groups excluding tert-OH is 3. The summed E-state index contributed by atoms with van der Waals surface area (Å²) in [5.74, 6) is -3.08. The topological polar surface area (TPSA) is 208 Å². The minimum atomic E-state index is -1.39. The lowest BCUT2D eigenvalue weighted by Gasteiger charge is -2.22. The highest BCUT2D eigenvalue weighted by molar-refractivity contribution is 6.04. The van der Waals surface area contributed by atoms with Gasteiger partial charge >= 0.3 is 17.9 Å². The number of aromatic hydroxyl groups is 1. The van der Waals surface area contributed by atoms with Crippen molar-refractivity contribution in [2.75, 3.05) is 26.4 Å². The van der Waals surface area contributed by atoms with Gasteiger partial charge in [-0.15, -0.1) is 0 Å². The third kappa shape index (κ3) is 11.1. The summed E-state index contributed by atoms with van der Waals surface area (Å²) in [5.41, 5.74) is 6.05. The number of carbonyl (C=O) groups is 3. The number of ether oxygens (including phenoxy) is 1. The number of rotatable bonds is 13. The van der Waals surface area contributed by atoms with E-state index < -0.39 is 48.8 Å². The Morgan fingerprint density at radius 2 is 1.41 bits per heavy atom. The molecule has 11 nitrogen and oxygen atoms in total. The first-order chi connectivity index (χ1) is 19.1. The minimum Gasteiger partial charge on any atom is -0.507 e. The summed E-state index contributed by atoms with van der Waals surface area (Å²) in [4.78, 5) is 34.6. The monoisotopic (exact) mass is 577 g/mol. The number of aliphatic hydroxyl groups is 3. The van der Waals surface area contributed by atoms with E-state index in [9.17, 15) is 24.6 Å². The maximum absolute atomic E-state index is 12.2. The molecule has 0 saturated carbocycles. The summed E-state index contributed by atoms with van der Waals surface area (Å²) in [6.45, 7) is 7.09. The van der Waals surface area contributed by atoms with Gasteiger partial charge in [0.25, 0.3) is 0 Å². The molecule has 0 radical (unpaired) electrons. The van der Waals surface area contributed by atoms with Crippen molar-refractivity contribution in [1.82, 2.24) is 0 Å². The molecule has 0 spiro atoms. The first kappa shape index (κ1) is 35.5. The Kier molecular flexibility index (Phi) is 13.9. The third-order valence-corrected chi connectivity index (χ3v) is 6.42. The maximum Gasteiger partial charge on any atom is 0.339 e. The Hall–Kier alpha value is -3.51. The van der Waals surface area contributed by atoms with E-state index in [1.807, 2.05) is 13.0 Å². The number of carbonyl (C=O) groups excluding carboxylic acids is 1. The van der Waals surface area contributed by atoms with E-state index in [0.29, 0.717) is 12.2 Å². The van der Waals surface area contributed by atoms with Crippen LogP contribution >= 0.6 is 0 Å². The second-order valence-electron chi connectivity index (χ2n) is 11.1. The molecule has 0 atom stereocenters. The van der Waals surface area contributed by atoms with Crippen LogP contribution in [-0.4, -0.2) is 80.5 Å². The fourth-order valence-corrected chi connectivity index (χ4v) is 3.78. The van der Waals surface area contributed by atoms with Gasteiger partial charge < -0.3 is 41.1 Å². The zero-order chi connectivity index (χ0) is 31.4. The quantitative estimate of drug-likeness (QED) is 0.136. The van der Waals surface area contributed by atoms with E-state index in [4.69, 9.17) is 30.9 Å². The Balaban J connectivity index is 0.000000915. The second-order valence-corrected chi connectivity index (χ2v) is 11.1. The summed E-state index contributed by atoms with van der Waals surface area (Å²) in [6.07, 6.45) is 4.28. The van der Waals surface area contributed by atoms with Crippen molar-refractivity contribution in [3.05, 3.63) is 63.7 Å². The molecule has 0 heterocycles. The molecule has 0 aliphatic carbocycles. The zero-order valence-corrected chi connectivity index (χ0v) is 24.1. The summed E-state index contributed by atoms with van der Waals surface area (Å²) >= 11 is 0. The molecular weight excluding hydrogens is 534 g/mol.